The first-order valence-electron chi connectivity index (χ1n) is 12.0. The van der Waals surface area contributed by atoms with Gasteiger partial charge in [-0.25, -0.2) is 4.79 Å². The number of nitrogens with one attached hydrogen (secondary N) is 1. The number of hydrogen-bond acceptors (Lipinski definition) is 8. The fourth-order valence-corrected chi connectivity index (χ4v) is 5.62. The highest BCUT2D eigenvalue weighted by molar-refractivity contribution is 7.19. The normalized spacial score (nSPS) is 14.9. The zero-order chi connectivity index (χ0) is 26.1. The molecular formula is C25H26ClN5O5S. The summed E-state index contributed by atoms with van der Waals surface area (Å²) in [5.41, 5.74) is 0.758. The second-order valence-electron chi connectivity index (χ2n) is 9.26. The van der Waals surface area contributed by atoms with Crippen molar-refractivity contribution in [3.05, 3.63) is 62.6 Å². The van der Waals surface area contributed by atoms with Crippen molar-refractivity contribution >= 4 is 45.6 Å². The summed E-state index contributed by atoms with van der Waals surface area (Å²) in [5.74, 6) is 0.718. The lowest BCUT2D eigenvalue weighted by Crippen LogP contribution is -2.47. The number of halogens is 1. The van der Waals surface area contributed by atoms with E-state index in [1.165, 1.54) is 17.4 Å². The number of rotatable bonds is 7. The second-order valence-corrected chi connectivity index (χ2v) is 11.0. The third-order valence-electron chi connectivity index (χ3n) is 6.53. The van der Waals surface area contributed by atoms with Crippen LogP contribution in [0.5, 0.6) is 5.88 Å². The molecule has 4 heterocycles. The van der Waals surface area contributed by atoms with Crippen molar-refractivity contribution in [2.24, 2.45) is 0 Å². The molecule has 1 saturated heterocycles. The minimum Gasteiger partial charge on any atom is -0.393 e. The number of fused-ring (bicyclic) bond motifs is 1. The lowest BCUT2D eigenvalue weighted by atomic mass is 10.0. The number of likely N-dealkylation sites (tertiary alicyclic amines) is 1. The Morgan fingerprint density at radius 2 is 2.08 bits per heavy atom. The number of piperidine rings is 1. The van der Waals surface area contributed by atoms with Crippen molar-refractivity contribution in [3.8, 4) is 16.5 Å². The summed E-state index contributed by atoms with van der Waals surface area (Å²) in [7, 11) is 0. The van der Waals surface area contributed by atoms with Crippen LogP contribution in [0.3, 0.4) is 0 Å². The van der Waals surface area contributed by atoms with Crippen molar-refractivity contribution in [3.63, 3.8) is 0 Å². The van der Waals surface area contributed by atoms with Crippen molar-refractivity contribution in [1.29, 1.82) is 0 Å². The second kappa shape index (κ2) is 10.5. The van der Waals surface area contributed by atoms with Crippen LogP contribution in [0.1, 0.15) is 32.4 Å². The molecule has 0 spiro atoms. The van der Waals surface area contributed by atoms with Crippen LogP contribution < -0.4 is 10.1 Å². The zero-order valence-corrected chi connectivity index (χ0v) is 21.9. The van der Waals surface area contributed by atoms with E-state index in [0.29, 0.717) is 32.7 Å². The number of ether oxygens (including phenoxy) is 1. The minimum absolute atomic E-state index is 0.00498. The number of nitro groups is 1. The van der Waals surface area contributed by atoms with Gasteiger partial charge >= 0.3 is 6.09 Å². The Hall–Kier alpha value is -3.41. The summed E-state index contributed by atoms with van der Waals surface area (Å²) in [6.45, 7) is 6.23. The first kappa shape index (κ1) is 25.2. The van der Waals surface area contributed by atoms with Gasteiger partial charge in [0, 0.05) is 48.8 Å². The quantitative estimate of drug-likeness (QED) is 0.227. The highest BCUT2D eigenvalue weighted by Gasteiger charge is 2.25. The van der Waals surface area contributed by atoms with Gasteiger partial charge < -0.3 is 19.5 Å². The highest BCUT2D eigenvalue weighted by Crippen LogP contribution is 2.35. The topological polar surface area (TPSA) is 116 Å². The molecule has 5 rings (SSSR count). The molecule has 3 aromatic heterocycles. The first-order chi connectivity index (χ1) is 17.8. The minimum atomic E-state index is -0.594. The summed E-state index contributed by atoms with van der Waals surface area (Å²) >= 11 is 7.39. The number of aromatic nitrogens is 2. The first-order valence-corrected chi connectivity index (χ1v) is 13.2. The number of amides is 1. The molecule has 0 radical (unpaired) electrons. The number of nitro benzene ring substituents is 1. The molecule has 0 saturated carbocycles. The maximum atomic E-state index is 12.8. The molecule has 194 valence electrons. The molecule has 12 heteroatoms. The SMILES string of the molecule is CC(C)N1CCC(NC(=O)Oc2cc3cccc([N+](=O)[O-])c3n2Cc2cc(-c3ccc(Cl)s3)on2)CC1. The van der Waals surface area contributed by atoms with E-state index in [4.69, 9.17) is 20.9 Å². The third-order valence-corrected chi connectivity index (χ3v) is 7.78. The molecule has 1 fully saturated rings. The molecule has 1 N–H and O–H groups in total. The lowest BCUT2D eigenvalue weighted by molar-refractivity contribution is -0.383. The predicted octanol–water partition coefficient (Wildman–Crippen LogP) is 5.93. The van der Waals surface area contributed by atoms with Crippen molar-refractivity contribution in [1.82, 2.24) is 19.9 Å². The van der Waals surface area contributed by atoms with Crippen molar-refractivity contribution in [2.45, 2.75) is 45.3 Å². The number of nitrogens with zero attached hydrogens (tertiary/aromatic N) is 4. The average Bonchev–Trinajstić information content (AvgIpc) is 3.58. The monoisotopic (exact) mass is 543 g/mol. The Balaban J connectivity index is 1.40. The Bertz CT molecular complexity index is 1440. The van der Waals surface area contributed by atoms with E-state index >= 15 is 0 Å². The average molecular weight is 544 g/mol. The number of carbonyl (C=O) groups is 1. The van der Waals surface area contributed by atoms with Crippen LogP contribution in [-0.2, 0) is 6.54 Å². The summed E-state index contributed by atoms with van der Waals surface area (Å²) < 4.78 is 13.4. The third kappa shape index (κ3) is 5.48. The lowest BCUT2D eigenvalue weighted by Gasteiger charge is -2.34. The van der Waals surface area contributed by atoms with Crippen LogP contribution in [0.15, 0.2) is 47.0 Å². The van der Waals surface area contributed by atoms with Crippen molar-refractivity contribution in [2.75, 3.05) is 13.1 Å². The molecule has 1 aliphatic rings. The van der Waals surface area contributed by atoms with Crippen LogP contribution in [0, 0.1) is 10.1 Å². The molecule has 1 amide bonds. The van der Waals surface area contributed by atoms with E-state index in [9.17, 15) is 14.9 Å². The number of benzene rings is 1. The van der Waals surface area contributed by atoms with Crippen LogP contribution >= 0.6 is 22.9 Å². The van der Waals surface area contributed by atoms with E-state index < -0.39 is 11.0 Å². The fraction of sp³-hybridized carbons (Fsp3) is 0.360. The molecule has 10 nitrogen and oxygen atoms in total. The standard InChI is InChI=1S/C25H26ClN5O5S/c1-15(2)29-10-8-17(9-11-29)27-25(32)35-23-12-16-4-3-5-19(31(33)34)24(16)30(23)14-18-13-20(36-28-18)21-6-7-22(26)37-21/h3-7,12-13,15,17H,8-11,14H2,1-2H3,(H,27,32). The molecule has 0 atom stereocenters. The summed E-state index contributed by atoms with van der Waals surface area (Å²) in [6, 6.07) is 12.2. The molecule has 37 heavy (non-hydrogen) atoms. The maximum absolute atomic E-state index is 12.8. The zero-order valence-electron chi connectivity index (χ0n) is 20.3. The predicted molar refractivity (Wildman–Crippen MR) is 141 cm³/mol. The van der Waals surface area contributed by atoms with Gasteiger partial charge in [0.1, 0.15) is 11.2 Å². The van der Waals surface area contributed by atoms with E-state index in [2.05, 4.69) is 29.2 Å². The molecule has 1 aliphatic heterocycles. The maximum Gasteiger partial charge on any atom is 0.414 e. The largest absolute Gasteiger partial charge is 0.414 e. The molecular weight excluding hydrogens is 518 g/mol. The summed E-state index contributed by atoms with van der Waals surface area (Å²) in [4.78, 5) is 27.4. The van der Waals surface area contributed by atoms with Crippen LogP contribution in [0.4, 0.5) is 10.5 Å². The van der Waals surface area contributed by atoms with E-state index in [-0.39, 0.29) is 24.2 Å². The number of carbonyl (C=O) groups excluding carboxylic acids is 1. The van der Waals surface area contributed by atoms with Gasteiger partial charge in [0.05, 0.1) is 20.7 Å². The molecule has 0 aliphatic carbocycles. The number of para-hydroxylation sites is 1. The molecule has 0 unspecified atom stereocenters. The fourth-order valence-electron chi connectivity index (χ4n) is 4.63. The highest BCUT2D eigenvalue weighted by atomic mass is 35.5. The van der Waals surface area contributed by atoms with Gasteiger partial charge in [-0.2, -0.15) is 0 Å². The van der Waals surface area contributed by atoms with Gasteiger partial charge in [0.15, 0.2) is 5.76 Å². The molecule has 4 aromatic rings. The van der Waals surface area contributed by atoms with Gasteiger partial charge in [0.2, 0.25) is 5.88 Å². The van der Waals surface area contributed by atoms with Crippen LogP contribution in [0.2, 0.25) is 4.34 Å². The van der Waals surface area contributed by atoms with Crippen LogP contribution in [0.25, 0.3) is 21.5 Å². The van der Waals surface area contributed by atoms with E-state index in [1.54, 1.807) is 34.9 Å². The Labute approximate surface area is 221 Å². The number of thiophene rings is 1. The van der Waals surface area contributed by atoms with Gasteiger partial charge in [-0.3, -0.25) is 14.7 Å². The van der Waals surface area contributed by atoms with E-state index in [0.717, 1.165) is 30.8 Å². The smallest absolute Gasteiger partial charge is 0.393 e. The van der Waals surface area contributed by atoms with Gasteiger partial charge in [-0.1, -0.05) is 28.9 Å². The Morgan fingerprint density at radius 1 is 1.30 bits per heavy atom. The number of non-ortho nitro benzene ring substituents is 1. The van der Waals surface area contributed by atoms with Crippen molar-refractivity contribution < 1.29 is 19.0 Å². The van der Waals surface area contributed by atoms with Gasteiger partial charge in [0.25, 0.3) is 5.69 Å². The Morgan fingerprint density at radius 3 is 2.76 bits per heavy atom. The summed E-state index contributed by atoms with van der Waals surface area (Å²) in [5, 5.41) is 19.5. The van der Waals surface area contributed by atoms with Crippen LogP contribution in [-0.4, -0.2) is 50.8 Å². The van der Waals surface area contributed by atoms with Gasteiger partial charge in [-0.05, 0) is 38.8 Å². The molecule has 1 aromatic carbocycles. The Kier molecular flexibility index (Phi) is 7.18. The number of hydrogen-bond donors (Lipinski definition) is 1. The summed E-state index contributed by atoms with van der Waals surface area (Å²) in [6.07, 6.45) is 1.07. The van der Waals surface area contributed by atoms with E-state index in [1.807, 2.05) is 6.07 Å². The molecule has 0 bridgehead atoms. The van der Waals surface area contributed by atoms with Gasteiger partial charge in [-0.15, -0.1) is 11.3 Å².